The van der Waals surface area contributed by atoms with Crippen LogP contribution in [0.4, 0.5) is 0 Å². The van der Waals surface area contributed by atoms with Gasteiger partial charge in [0.25, 0.3) is 0 Å². The van der Waals surface area contributed by atoms with Gasteiger partial charge >= 0.3 is 0 Å². The van der Waals surface area contributed by atoms with Gasteiger partial charge in [-0.3, -0.25) is 0 Å². The molecule has 0 saturated carbocycles. The zero-order chi connectivity index (χ0) is 14.4. The number of nitrogens with zero attached hydrogens (tertiary/aromatic N) is 1. The fourth-order valence-corrected chi connectivity index (χ4v) is 2.98. The van der Waals surface area contributed by atoms with Crippen LogP contribution < -0.4 is 5.32 Å². The van der Waals surface area contributed by atoms with Crippen LogP contribution in [0.25, 0.3) is 0 Å². The molecule has 1 aliphatic rings. The van der Waals surface area contributed by atoms with E-state index in [1.165, 1.54) is 11.1 Å². The minimum atomic E-state index is 0.440. The van der Waals surface area contributed by atoms with E-state index in [1.807, 2.05) is 0 Å². The van der Waals surface area contributed by atoms with Crippen molar-refractivity contribution in [2.45, 2.75) is 25.8 Å². The smallest absolute Gasteiger partial charge is 0.0301 e. The van der Waals surface area contributed by atoms with E-state index >= 15 is 0 Å². The molecule has 1 saturated heterocycles. The summed E-state index contributed by atoms with van der Waals surface area (Å²) < 4.78 is 0. The monoisotopic (exact) mass is 270 g/mol. The Labute approximate surface area is 123 Å². The van der Waals surface area contributed by atoms with Crippen molar-refractivity contribution in [3.8, 4) is 0 Å². The van der Waals surface area contributed by atoms with E-state index < -0.39 is 0 Å². The predicted molar refractivity (Wildman–Crippen MR) is 87.0 cm³/mol. The lowest BCUT2D eigenvalue weighted by molar-refractivity contribution is 0.226. The molecular formula is C18H26N2. The molecule has 1 N–H and O–H groups in total. The lowest BCUT2D eigenvalue weighted by atomic mass is 9.84. The second-order valence-electron chi connectivity index (χ2n) is 5.65. The molecule has 1 aliphatic heterocycles. The van der Waals surface area contributed by atoms with E-state index in [9.17, 15) is 0 Å². The number of piperazine rings is 1. The van der Waals surface area contributed by atoms with Crippen LogP contribution in [0, 0.1) is 0 Å². The van der Waals surface area contributed by atoms with Crippen LogP contribution in [0.1, 0.15) is 25.3 Å². The first kappa shape index (κ1) is 15.0. The largest absolute Gasteiger partial charge is 0.310 e. The first-order valence-corrected chi connectivity index (χ1v) is 7.48. The van der Waals surface area contributed by atoms with Gasteiger partial charge in [0.1, 0.15) is 0 Å². The highest BCUT2D eigenvalue weighted by atomic mass is 15.2. The van der Waals surface area contributed by atoms with Crippen LogP contribution in [0.2, 0.25) is 0 Å². The van der Waals surface area contributed by atoms with Crippen molar-refractivity contribution >= 4 is 0 Å². The number of nitrogens with one attached hydrogen (secondary N) is 1. The number of hydrogen-bond donors (Lipinski definition) is 1. The van der Waals surface area contributed by atoms with Crippen molar-refractivity contribution in [2.24, 2.45) is 0 Å². The maximum absolute atomic E-state index is 3.70. The van der Waals surface area contributed by atoms with Crippen molar-refractivity contribution in [1.29, 1.82) is 0 Å². The van der Waals surface area contributed by atoms with Gasteiger partial charge in [-0.25, -0.2) is 0 Å². The quantitative estimate of drug-likeness (QED) is 0.845. The molecule has 2 nitrogen and oxygen atoms in total. The standard InChI is InChI=1S/C18H26N2/c1-4-5-9-15(2)18(16-10-7-6-8-11-16)17-14-20(3)13-12-19-17/h4-11,17-19H,12-14H2,1-3H3/b5-4+,15-9+. The third-order valence-electron chi connectivity index (χ3n) is 4.01. The molecule has 1 aromatic rings. The first-order valence-electron chi connectivity index (χ1n) is 7.48. The highest BCUT2D eigenvalue weighted by Crippen LogP contribution is 2.29. The molecule has 1 aromatic carbocycles. The average Bonchev–Trinajstić information content (AvgIpc) is 2.46. The van der Waals surface area contributed by atoms with Crippen LogP contribution in [-0.2, 0) is 0 Å². The molecule has 0 amide bonds. The van der Waals surface area contributed by atoms with E-state index in [2.05, 4.69) is 79.7 Å². The second-order valence-corrected chi connectivity index (χ2v) is 5.65. The third kappa shape index (κ3) is 3.81. The molecule has 0 bridgehead atoms. The number of benzene rings is 1. The Morgan fingerprint density at radius 3 is 2.75 bits per heavy atom. The topological polar surface area (TPSA) is 15.3 Å². The number of allylic oxidation sites excluding steroid dienone is 3. The van der Waals surface area contributed by atoms with Crippen molar-refractivity contribution in [3.05, 3.63) is 59.7 Å². The zero-order valence-electron chi connectivity index (χ0n) is 12.8. The zero-order valence-corrected chi connectivity index (χ0v) is 12.8. The van der Waals surface area contributed by atoms with E-state index in [4.69, 9.17) is 0 Å². The summed E-state index contributed by atoms with van der Waals surface area (Å²) >= 11 is 0. The molecule has 2 unspecified atom stereocenters. The van der Waals surface area contributed by atoms with Crippen molar-refractivity contribution in [1.82, 2.24) is 10.2 Å². The normalized spacial score (nSPS) is 23.1. The maximum atomic E-state index is 3.70. The van der Waals surface area contributed by atoms with E-state index in [0.717, 1.165) is 19.6 Å². The van der Waals surface area contributed by atoms with Crippen molar-refractivity contribution < 1.29 is 0 Å². The van der Waals surface area contributed by atoms with Gasteiger partial charge in [-0.2, -0.15) is 0 Å². The summed E-state index contributed by atoms with van der Waals surface area (Å²) in [5, 5.41) is 3.70. The van der Waals surface area contributed by atoms with Crippen LogP contribution in [0.3, 0.4) is 0 Å². The lowest BCUT2D eigenvalue weighted by Crippen LogP contribution is -2.51. The Kier molecular flexibility index (Phi) is 5.57. The fourth-order valence-electron chi connectivity index (χ4n) is 2.98. The first-order chi connectivity index (χ1) is 9.72. The van der Waals surface area contributed by atoms with Crippen molar-refractivity contribution in [2.75, 3.05) is 26.7 Å². The van der Waals surface area contributed by atoms with Crippen LogP contribution in [0.5, 0.6) is 0 Å². The van der Waals surface area contributed by atoms with E-state index in [0.29, 0.717) is 12.0 Å². The molecule has 2 heteroatoms. The van der Waals surface area contributed by atoms with Crippen LogP contribution >= 0.6 is 0 Å². The Hall–Kier alpha value is -1.38. The molecule has 108 valence electrons. The van der Waals surface area contributed by atoms with Gasteiger partial charge in [-0.1, -0.05) is 54.1 Å². The third-order valence-corrected chi connectivity index (χ3v) is 4.01. The molecule has 0 aliphatic carbocycles. The van der Waals surface area contributed by atoms with Crippen LogP contribution in [-0.4, -0.2) is 37.6 Å². The Morgan fingerprint density at radius 1 is 1.35 bits per heavy atom. The highest BCUT2D eigenvalue weighted by Gasteiger charge is 2.27. The summed E-state index contributed by atoms with van der Waals surface area (Å²) in [4.78, 5) is 2.42. The lowest BCUT2D eigenvalue weighted by Gasteiger charge is -2.37. The summed E-state index contributed by atoms with van der Waals surface area (Å²) in [5.74, 6) is 0.440. The molecule has 0 aromatic heterocycles. The van der Waals surface area contributed by atoms with Gasteiger partial charge in [-0.05, 0) is 26.5 Å². The van der Waals surface area contributed by atoms with Crippen LogP contribution in [0.15, 0.2) is 54.1 Å². The van der Waals surface area contributed by atoms with Gasteiger partial charge in [0, 0.05) is 31.6 Å². The molecule has 2 rings (SSSR count). The molecule has 2 atom stereocenters. The summed E-state index contributed by atoms with van der Waals surface area (Å²) in [6.45, 7) is 7.61. The van der Waals surface area contributed by atoms with Gasteiger partial charge in [0.05, 0.1) is 0 Å². The second kappa shape index (κ2) is 7.41. The number of likely N-dealkylation sites (N-methyl/N-ethyl adjacent to an activating group) is 1. The van der Waals surface area contributed by atoms with Gasteiger partial charge in [-0.15, -0.1) is 0 Å². The number of rotatable bonds is 4. The Bertz CT molecular complexity index is 462. The highest BCUT2D eigenvalue weighted by molar-refractivity contribution is 5.32. The average molecular weight is 270 g/mol. The molecule has 0 radical (unpaired) electrons. The summed E-state index contributed by atoms with van der Waals surface area (Å²) in [6, 6.07) is 11.3. The van der Waals surface area contributed by atoms with Gasteiger partial charge < -0.3 is 10.2 Å². The Morgan fingerprint density at radius 2 is 2.10 bits per heavy atom. The fraction of sp³-hybridized carbons (Fsp3) is 0.444. The summed E-state index contributed by atoms with van der Waals surface area (Å²) in [6.07, 6.45) is 6.47. The number of hydrogen-bond acceptors (Lipinski definition) is 2. The Balaban J connectivity index is 2.28. The molecule has 20 heavy (non-hydrogen) atoms. The summed E-state index contributed by atoms with van der Waals surface area (Å²) in [5.41, 5.74) is 2.82. The van der Waals surface area contributed by atoms with E-state index in [1.54, 1.807) is 0 Å². The van der Waals surface area contributed by atoms with Gasteiger partial charge in [0.2, 0.25) is 0 Å². The molecule has 0 spiro atoms. The predicted octanol–water partition coefficient (Wildman–Crippen LogP) is 3.20. The molecular weight excluding hydrogens is 244 g/mol. The molecule has 1 fully saturated rings. The summed E-state index contributed by atoms with van der Waals surface area (Å²) in [7, 11) is 2.21. The maximum Gasteiger partial charge on any atom is 0.0301 e. The minimum Gasteiger partial charge on any atom is -0.310 e. The van der Waals surface area contributed by atoms with Crippen molar-refractivity contribution in [3.63, 3.8) is 0 Å². The van der Waals surface area contributed by atoms with E-state index in [-0.39, 0.29) is 0 Å². The minimum absolute atomic E-state index is 0.440. The van der Waals surface area contributed by atoms with Gasteiger partial charge in [0.15, 0.2) is 0 Å². The SMILES string of the molecule is C/C=C/C=C(\C)C(c1ccccc1)C1CN(C)CCN1. The molecule has 1 heterocycles.